The Labute approximate surface area is 119 Å². The van der Waals surface area contributed by atoms with E-state index < -0.39 is 6.04 Å². The summed E-state index contributed by atoms with van der Waals surface area (Å²) in [5, 5.41) is 9.13. The van der Waals surface area contributed by atoms with Crippen molar-refractivity contribution in [3.63, 3.8) is 0 Å². The highest BCUT2D eigenvalue weighted by Crippen LogP contribution is 2.11. The molecule has 2 N–H and O–H groups in total. The molecule has 6 nitrogen and oxygen atoms in total. The van der Waals surface area contributed by atoms with Gasteiger partial charge in [-0.2, -0.15) is 0 Å². The molecule has 0 fully saturated rings. The summed E-state index contributed by atoms with van der Waals surface area (Å²) in [5.41, 5.74) is 0. The lowest BCUT2D eigenvalue weighted by Gasteiger charge is -2.20. The van der Waals surface area contributed by atoms with Gasteiger partial charge in [-0.15, -0.1) is 0 Å². The second-order valence-electron chi connectivity index (χ2n) is 5.66. The Bertz CT molecular complexity index is 466. The first-order valence-electron chi connectivity index (χ1n) is 6.84. The molecule has 0 aromatic carbocycles. The minimum Gasteiger partial charge on any atom is -0.360 e. The first-order chi connectivity index (χ1) is 9.29. The lowest BCUT2D eigenvalue weighted by atomic mass is 10.0. The second kappa shape index (κ2) is 7.07. The highest BCUT2D eigenvalue weighted by molar-refractivity contribution is 5.96. The number of carbonyl (C=O) groups excluding carboxylic acids is 2. The van der Waals surface area contributed by atoms with E-state index in [1.807, 2.05) is 13.8 Å². The highest BCUT2D eigenvalue weighted by Gasteiger charge is 2.23. The maximum absolute atomic E-state index is 12.2. The fourth-order valence-corrected chi connectivity index (χ4v) is 1.68. The molecule has 1 heterocycles. The number of hydrogen-bond donors (Lipinski definition) is 2. The smallest absolute Gasteiger partial charge is 0.248 e. The van der Waals surface area contributed by atoms with Gasteiger partial charge >= 0.3 is 0 Å². The largest absolute Gasteiger partial charge is 0.360 e. The standard InChI is InChI=1S/C14H23N3O3/c1-8(2)6-11(15-13(18)9(3)4)14(19)16-12-7-10(5)20-17-12/h7-9,11H,6H2,1-5H3,(H,15,18)(H,16,17,19)/t11-/m0/s1. The van der Waals surface area contributed by atoms with Crippen LogP contribution in [-0.4, -0.2) is 23.0 Å². The number of aromatic nitrogens is 1. The summed E-state index contributed by atoms with van der Waals surface area (Å²) in [6, 6.07) is 1.07. The number of nitrogens with zero attached hydrogens (tertiary/aromatic N) is 1. The summed E-state index contributed by atoms with van der Waals surface area (Å²) in [4.78, 5) is 24.0. The van der Waals surface area contributed by atoms with E-state index in [4.69, 9.17) is 4.52 Å². The molecule has 0 unspecified atom stereocenters. The van der Waals surface area contributed by atoms with Gasteiger partial charge in [0, 0.05) is 12.0 Å². The van der Waals surface area contributed by atoms with E-state index in [0.717, 1.165) is 0 Å². The van der Waals surface area contributed by atoms with Gasteiger partial charge in [-0.25, -0.2) is 0 Å². The first-order valence-corrected chi connectivity index (χ1v) is 6.84. The van der Waals surface area contributed by atoms with Crippen molar-refractivity contribution in [3.8, 4) is 0 Å². The molecule has 1 aromatic heterocycles. The van der Waals surface area contributed by atoms with Gasteiger partial charge in [-0.3, -0.25) is 9.59 Å². The maximum Gasteiger partial charge on any atom is 0.248 e. The predicted octanol–water partition coefficient (Wildman–Crippen LogP) is 2.11. The summed E-state index contributed by atoms with van der Waals surface area (Å²) >= 11 is 0. The number of carbonyl (C=O) groups is 2. The zero-order valence-electron chi connectivity index (χ0n) is 12.7. The van der Waals surface area contributed by atoms with Gasteiger partial charge in [-0.1, -0.05) is 32.9 Å². The molecule has 1 atom stereocenters. The van der Waals surface area contributed by atoms with Crippen LogP contribution >= 0.6 is 0 Å². The Morgan fingerprint density at radius 1 is 1.25 bits per heavy atom. The number of nitrogens with one attached hydrogen (secondary N) is 2. The molecule has 2 amide bonds. The van der Waals surface area contributed by atoms with Crippen LogP contribution in [0.5, 0.6) is 0 Å². The maximum atomic E-state index is 12.2. The molecule has 0 saturated heterocycles. The van der Waals surface area contributed by atoms with Gasteiger partial charge in [0.25, 0.3) is 0 Å². The van der Waals surface area contributed by atoms with Crippen LogP contribution in [0.2, 0.25) is 0 Å². The lowest BCUT2D eigenvalue weighted by Crippen LogP contribution is -2.46. The fraction of sp³-hybridized carbons (Fsp3) is 0.643. The van der Waals surface area contributed by atoms with Crippen LogP contribution in [0, 0.1) is 18.8 Å². The molecule has 1 rings (SSSR count). The van der Waals surface area contributed by atoms with Crippen molar-refractivity contribution >= 4 is 17.6 Å². The third-order valence-electron chi connectivity index (χ3n) is 2.74. The average Bonchev–Trinajstić information content (AvgIpc) is 2.72. The summed E-state index contributed by atoms with van der Waals surface area (Å²) in [6.07, 6.45) is 0.571. The van der Waals surface area contributed by atoms with Crippen LogP contribution < -0.4 is 10.6 Å². The Morgan fingerprint density at radius 2 is 1.90 bits per heavy atom. The molecule has 112 valence electrons. The SMILES string of the molecule is Cc1cc(NC(=O)[C@H](CC(C)C)NC(=O)C(C)C)no1. The zero-order chi connectivity index (χ0) is 15.3. The van der Waals surface area contributed by atoms with Crippen LogP contribution in [0.15, 0.2) is 10.6 Å². The first kappa shape index (κ1) is 16.2. The van der Waals surface area contributed by atoms with Crippen molar-refractivity contribution in [2.24, 2.45) is 11.8 Å². The molecule has 0 aliphatic rings. The molecule has 0 saturated carbocycles. The van der Waals surface area contributed by atoms with E-state index >= 15 is 0 Å². The number of aryl methyl sites for hydroxylation is 1. The highest BCUT2D eigenvalue weighted by atomic mass is 16.5. The quantitative estimate of drug-likeness (QED) is 0.836. The topological polar surface area (TPSA) is 84.2 Å². The minimum atomic E-state index is -0.568. The van der Waals surface area contributed by atoms with Crippen molar-refractivity contribution in [1.82, 2.24) is 10.5 Å². The number of hydrogen-bond acceptors (Lipinski definition) is 4. The van der Waals surface area contributed by atoms with Gasteiger partial charge in [-0.05, 0) is 19.3 Å². The molecule has 6 heteroatoms. The van der Waals surface area contributed by atoms with Gasteiger partial charge < -0.3 is 15.2 Å². The lowest BCUT2D eigenvalue weighted by molar-refractivity contribution is -0.128. The van der Waals surface area contributed by atoms with E-state index in [2.05, 4.69) is 15.8 Å². The third kappa shape index (κ3) is 5.03. The Kier molecular flexibility index (Phi) is 5.73. The number of anilines is 1. The molecular formula is C14H23N3O3. The monoisotopic (exact) mass is 281 g/mol. The van der Waals surface area contributed by atoms with Gasteiger partial charge in [0.2, 0.25) is 11.8 Å². The van der Waals surface area contributed by atoms with Crippen LogP contribution in [0.1, 0.15) is 39.9 Å². The summed E-state index contributed by atoms with van der Waals surface area (Å²) < 4.78 is 4.89. The van der Waals surface area contributed by atoms with E-state index in [-0.39, 0.29) is 23.7 Å². The van der Waals surface area contributed by atoms with Crippen molar-refractivity contribution in [3.05, 3.63) is 11.8 Å². The normalized spacial score (nSPS) is 12.6. The van der Waals surface area contributed by atoms with Gasteiger partial charge in [0.15, 0.2) is 5.82 Å². The molecule has 0 bridgehead atoms. The minimum absolute atomic E-state index is 0.137. The molecule has 0 aliphatic carbocycles. The summed E-state index contributed by atoms with van der Waals surface area (Å²) in [5.74, 6) is 0.694. The van der Waals surface area contributed by atoms with E-state index in [1.165, 1.54) is 0 Å². The Balaban J connectivity index is 2.71. The molecule has 0 radical (unpaired) electrons. The van der Waals surface area contributed by atoms with Gasteiger partial charge in [0.1, 0.15) is 11.8 Å². The predicted molar refractivity (Wildman–Crippen MR) is 76.1 cm³/mol. The number of rotatable bonds is 6. The van der Waals surface area contributed by atoms with Crippen LogP contribution in [0.25, 0.3) is 0 Å². The molecular weight excluding hydrogens is 258 g/mol. The summed E-state index contributed by atoms with van der Waals surface area (Å²) in [6.45, 7) is 9.33. The van der Waals surface area contributed by atoms with Crippen molar-refractivity contribution in [2.75, 3.05) is 5.32 Å². The zero-order valence-corrected chi connectivity index (χ0v) is 12.7. The van der Waals surface area contributed by atoms with Crippen LogP contribution in [-0.2, 0) is 9.59 Å². The van der Waals surface area contributed by atoms with Crippen molar-refractivity contribution in [1.29, 1.82) is 0 Å². The van der Waals surface area contributed by atoms with Crippen LogP contribution in [0.3, 0.4) is 0 Å². The Morgan fingerprint density at radius 3 is 2.35 bits per heavy atom. The van der Waals surface area contributed by atoms with Gasteiger partial charge in [0.05, 0.1) is 0 Å². The molecule has 20 heavy (non-hydrogen) atoms. The second-order valence-corrected chi connectivity index (χ2v) is 5.66. The van der Waals surface area contributed by atoms with Crippen LogP contribution in [0.4, 0.5) is 5.82 Å². The van der Waals surface area contributed by atoms with E-state index in [0.29, 0.717) is 18.0 Å². The van der Waals surface area contributed by atoms with E-state index in [1.54, 1.807) is 26.8 Å². The van der Waals surface area contributed by atoms with Crippen molar-refractivity contribution < 1.29 is 14.1 Å². The average molecular weight is 281 g/mol. The molecule has 0 aliphatic heterocycles. The Hall–Kier alpha value is -1.85. The summed E-state index contributed by atoms with van der Waals surface area (Å²) in [7, 11) is 0. The molecule has 0 spiro atoms. The molecule has 1 aromatic rings. The third-order valence-corrected chi connectivity index (χ3v) is 2.74. The van der Waals surface area contributed by atoms with Crippen molar-refractivity contribution in [2.45, 2.75) is 47.1 Å². The number of amides is 2. The fourth-order valence-electron chi connectivity index (χ4n) is 1.68. The van der Waals surface area contributed by atoms with E-state index in [9.17, 15) is 9.59 Å².